The van der Waals surface area contributed by atoms with E-state index >= 15 is 0 Å². The van der Waals surface area contributed by atoms with Crippen molar-refractivity contribution >= 4 is 32.7 Å². The monoisotopic (exact) mass is 409 g/mol. The minimum Gasteiger partial charge on any atom is -0.377 e. The number of nitrogens with zero attached hydrogens (tertiary/aromatic N) is 2. The summed E-state index contributed by atoms with van der Waals surface area (Å²) < 4.78 is 74.5. The molecule has 6 nitrogen and oxygen atoms in total. The van der Waals surface area contributed by atoms with Gasteiger partial charge in [0.1, 0.15) is 11.7 Å². The van der Waals surface area contributed by atoms with Gasteiger partial charge in [-0.05, 0) is 18.9 Å². The lowest BCUT2D eigenvalue weighted by molar-refractivity contribution is -0.0217. The molecule has 0 bridgehead atoms. The number of hydrogen-bond donors (Lipinski definition) is 1. The second-order valence-corrected chi connectivity index (χ2v) is 8.84. The number of nitrogens with one attached hydrogen (secondary N) is 1. The number of halogens is 4. The first-order valence-corrected chi connectivity index (χ1v) is 9.94. The molecular formula is C15H15ClF3N3O3S. The largest absolute Gasteiger partial charge is 0.377 e. The molecule has 2 aromatic rings. The lowest BCUT2D eigenvalue weighted by atomic mass is 10.1. The van der Waals surface area contributed by atoms with E-state index in [2.05, 4.69) is 9.71 Å². The molecule has 0 unspecified atom stereocenters. The van der Waals surface area contributed by atoms with Crippen LogP contribution in [0.3, 0.4) is 0 Å². The van der Waals surface area contributed by atoms with Gasteiger partial charge in [-0.25, -0.2) is 31.3 Å². The number of ether oxygens (including phenoxy) is 1. The number of aromatic nitrogens is 2. The van der Waals surface area contributed by atoms with Gasteiger partial charge in [0, 0.05) is 17.1 Å². The van der Waals surface area contributed by atoms with Gasteiger partial charge in [-0.2, -0.15) is 0 Å². The molecule has 0 amide bonds. The number of alkyl halides is 2. The zero-order valence-electron chi connectivity index (χ0n) is 13.3. The maximum atomic E-state index is 13.9. The summed E-state index contributed by atoms with van der Waals surface area (Å²) >= 11 is 5.74. The van der Waals surface area contributed by atoms with Crippen molar-refractivity contribution in [1.82, 2.24) is 14.3 Å². The average Bonchev–Trinajstić information content (AvgIpc) is 3.31. The fourth-order valence-corrected chi connectivity index (χ4v) is 4.63. The van der Waals surface area contributed by atoms with Crippen LogP contribution in [-0.4, -0.2) is 42.9 Å². The summed E-state index contributed by atoms with van der Waals surface area (Å²) in [6.07, 6.45) is -0.748. The molecule has 2 aliphatic rings. The van der Waals surface area contributed by atoms with Gasteiger partial charge in [0.2, 0.25) is 10.0 Å². The molecule has 2 aromatic heterocycles. The smallest absolute Gasteiger partial charge is 0.258 e. The molecule has 1 atom stereocenters. The predicted octanol–water partition coefficient (Wildman–Crippen LogP) is 2.79. The summed E-state index contributed by atoms with van der Waals surface area (Å²) in [5.74, 6) is -0.860. The Labute approximate surface area is 152 Å². The van der Waals surface area contributed by atoms with Crippen LogP contribution in [0.1, 0.15) is 30.5 Å². The zero-order chi connectivity index (χ0) is 18.6. The second kappa shape index (κ2) is 6.36. The van der Waals surface area contributed by atoms with E-state index < -0.39 is 33.6 Å². The molecule has 11 heteroatoms. The van der Waals surface area contributed by atoms with E-state index in [4.69, 9.17) is 16.3 Å². The zero-order valence-corrected chi connectivity index (χ0v) is 14.9. The number of fused-ring (bicyclic) bond motifs is 1. The molecule has 1 N–H and O–H groups in total. The van der Waals surface area contributed by atoms with Gasteiger partial charge in [0.25, 0.3) is 6.43 Å². The molecule has 1 aliphatic heterocycles. The van der Waals surface area contributed by atoms with Crippen LogP contribution in [0.15, 0.2) is 12.3 Å². The Kier molecular flexibility index (Phi) is 4.41. The Balaban J connectivity index is 1.83. The summed E-state index contributed by atoms with van der Waals surface area (Å²) in [5.41, 5.74) is 0.185. The lowest BCUT2D eigenvalue weighted by Crippen LogP contribution is -2.35. The Morgan fingerprint density at radius 1 is 1.35 bits per heavy atom. The first kappa shape index (κ1) is 18.0. The van der Waals surface area contributed by atoms with E-state index in [1.54, 1.807) is 4.57 Å². The topological polar surface area (TPSA) is 73.2 Å². The average molecular weight is 410 g/mol. The minimum absolute atomic E-state index is 0.0332. The maximum Gasteiger partial charge on any atom is 0.258 e. The highest BCUT2D eigenvalue weighted by Crippen LogP contribution is 2.36. The number of sulfonamides is 1. The van der Waals surface area contributed by atoms with Gasteiger partial charge < -0.3 is 9.30 Å². The molecule has 0 spiro atoms. The van der Waals surface area contributed by atoms with Crippen LogP contribution in [0.5, 0.6) is 0 Å². The predicted molar refractivity (Wildman–Crippen MR) is 88.4 cm³/mol. The van der Waals surface area contributed by atoms with Gasteiger partial charge in [-0.15, -0.1) is 0 Å². The first-order chi connectivity index (χ1) is 12.3. The molecule has 0 radical (unpaired) electrons. The molecule has 1 aliphatic carbocycles. The number of rotatable bonds is 6. The maximum absolute atomic E-state index is 13.9. The fraction of sp³-hybridized carbons (Fsp3) is 0.533. The van der Waals surface area contributed by atoms with E-state index in [1.807, 2.05) is 0 Å². The SMILES string of the molecule is O=S(=O)(N[C@@H](c1cn(C2COC2)c2nc(Cl)c(F)cc12)C(F)F)C1CC1. The normalized spacial score (nSPS) is 19.9. The third-order valence-corrected chi connectivity index (χ3v) is 6.80. The summed E-state index contributed by atoms with van der Waals surface area (Å²) in [6.45, 7) is 0.708. The van der Waals surface area contributed by atoms with Crippen molar-refractivity contribution in [3.63, 3.8) is 0 Å². The summed E-state index contributed by atoms with van der Waals surface area (Å²) in [5, 5.41) is -0.931. The molecule has 3 heterocycles. The van der Waals surface area contributed by atoms with Gasteiger partial charge in [0.05, 0.1) is 24.5 Å². The Morgan fingerprint density at radius 3 is 2.58 bits per heavy atom. The van der Waals surface area contributed by atoms with Crippen molar-refractivity contribution < 1.29 is 26.3 Å². The minimum atomic E-state index is -3.87. The van der Waals surface area contributed by atoms with Crippen molar-refractivity contribution in [2.45, 2.75) is 36.6 Å². The van der Waals surface area contributed by atoms with E-state index in [-0.39, 0.29) is 27.8 Å². The van der Waals surface area contributed by atoms with Crippen molar-refractivity contribution in [2.75, 3.05) is 13.2 Å². The summed E-state index contributed by atoms with van der Waals surface area (Å²) in [4.78, 5) is 3.96. The molecule has 0 aromatic carbocycles. The highest BCUT2D eigenvalue weighted by molar-refractivity contribution is 7.90. The highest BCUT2D eigenvalue weighted by Gasteiger charge is 2.40. The molecule has 2 fully saturated rings. The van der Waals surface area contributed by atoms with Crippen molar-refractivity contribution in [3.8, 4) is 0 Å². The van der Waals surface area contributed by atoms with E-state index in [0.717, 1.165) is 6.07 Å². The lowest BCUT2D eigenvalue weighted by Gasteiger charge is -2.28. The molecule has 4 rings (SSSR count). The Hall–Kier alpha value is -1.36. The van der Waals surface area contributed by atoms with Crippen LogP contribution in [0, 0.1) is 5.82 Å². The molecule has 1 saturated carbocycles. The van der Waals surface area contributed by atoms with E-state index in [9.17, 15) is 21.6 Å². The first-order valence-electron chi connectivity index (χ1n) is 8.01. The fourth-order valence-electron chi connectivity index (χ4n) is 2.96. The second-order valence-electron chi connectivity index (χ2n) is 6.49. The van der Waals surface area contributed by atoms with E-state index in [0.29, 0.717) is 26.1 Å². The van der Waals surface area contributed by atoms with Crippen molar-refractivity contribution in [1.29, 1.82) is 0 Å². The van der Waals surface area contributed by atoms with Gasteiger partial charge in [0.15, 0.2) is 11.0 Å². The van der Waals surface area contributed by atoms with Gasteiger partial charge in [-0.3, -0.25) is 0 Å². The third kappa shape index (κ3) is 3.08. The van der Waals surface area contributed by atoms with Crippen LogP contribution in [0.25, 0.3) is 11.0 Å². The molecule has 26 heavy (non-hydrogen) atoms. The standard InChI is InChI=1S/C15H15ClF3N3O3S/c16-13-11(17)3-9-10(4-22(15(9)20-13)7-5-25-6-7)12(14(18)19)21-26(23,24)8-1-2-8/h3-4,7-8,12,14,21H,1-2,5-6H2/t12-/m0/s1. The van der Waals surface area contributed by atoms with Crippen molar-refractivity contribution in [3.05, 3.63) is 28.8 Å². The molecule has 142 valence electrons. The van der Waals surface area contributed by atoms with Crippen LogP contribution in [-0.2, 0) is 14.8 Å². The quantitative estimate of drug-likeness (QED) is 0.745. The van der Waals surface area contributed by atoms with E-state index in [1.165, 1.54) is 6.20 Å². The van der Waals surface area contributed by atoms with Crippen LogP contribution < -0.4 is 4.72 Å². The number of pyridine rings is 1. The third-order valence-electron chi connectivity index (χ3n) is 4.60. The van der Waals surface area contributed by atoms with Crippen LogP contribution >= 0.6 is 11.6 Å². The number of hydrogen-bond acceptors (Lipinski definition) is 4. The van der Waals surface area contributed by atoms with Crippen molar-refractivity contribution in [2.24, 2.45) is 0 Å². The van der Waals surface area contributed by atoms with Gasteiger partial charge >= 0.3 is 0 Å². The summed E-state index contributed by atoms with van der Waals surface area (Å²) in [6, 6.07) is -0.942. The Morgan fingerprint density at radius 2 is 2.04 bits per heavy atom. The van der Waals surface area contributed by atoms with Crippen LogP contribution in [0.2, 0.25) is 5.15 Å². The van der Waals surface area contributed by atoms with Crippen LogP contribution in [0.4, 0.5) is 13.2 Å². The summed E-state index contributed by atoms with van der Waals surface area (Å²) in [7, 11) is -3.87. The van der Waals surface area contributed by atoms with Gasteiger partial charge in [-0.1, -0.05) is 11.6 Å². The molecular weight excluding hydrogens is 395 g/mol. The Bertz CT molecular complexity index is 958. The highest BCUT2D eigenvalue weighted by atomic mass is 35.5. The molecule has 1 saturated heterocycles.